The van der Waals surface area contributed by atoms with E-state index in [4.69, 9.17) is 0 Å². The number of para-hydroxylation sites is 1. The molecule has 1 aromatic carbocycles. The average Bonchev–Trinajstić information content (AvgIpc) is 2.90. The van der Waals surface area contributed by atoms with E-state index in [0.29, 0.717) is 11.7 Å². The van der Waals surface area contributed by atoms with Gasteiger partial charge in [0.15, 0.2) is 0 Å². The van der Waals surface area contributed by atoms with Crippen molar-refractivity contribution in [3.8, 4) is 0 Å². The molecule has 0 bridgehead atoms. The first-order valence-electron chi connectivity index (χ1n) is 7.26. The van der Waals surface area contributed by atoms with Crippen LogP contribution < -0.4 is 0 Å². The van der Waals surface area contributed by atoms with Crippen molar-refractivity contribution >= 4 is 16.8 Å². The number of amides is 1. The van der Waals surface area contributed by atoms with E-state index < -0.39 is 0 Å². The first kappa shape index (κ1) is 13.2. The molecule has 0 radical (unpaired) electrons. The van der Waals surface area contributed by atoms with E-state index >= 15 is 0 Å². The smallest absolute Gasteiger partial charge is 0.270 e. The van der Waals surface area contributed by atoms with Gasteiger partial charge in [0.25, 0.3) is 5.91 Å². The molecule has 2 heterocycles. The number of aromatic amines is 1. The Kier molecular flexibility index (Phi) is 3.49. The van der Waals surface area contributed by atoms with Gasteiger partial charge in [-0.15, -0.1) is 0 Å². The van der Waals surface area contributed by atoms with Crippen LogP contribution in [0.3, 0.4) is 0 Å². The molecule has 4 nitrogen and oxygen atoms in total. The van der Waals surface area contributed by atoms with Crippen LogP contribution in [-0.4, -0.2) is 52.9 Å². The molecular formula is C16H21N3O. The number of piperazine rings is 1. The van der Waals surface area contributed by atoms with E-state index in [1.807, 2.05) is 35.2 Å². The van der Waals surface area contributed by atoms with Crippen molar-refractivity contribution in [2.24, 2.45) is 0 Å². The molecule has 1 amide bonds. The van der Waals surface area contributed by atoms with Crippen LogP contribution in [0.5, 0.6) is 0 Å². The Labute approximate surface area is 119 Å². The second-order valence-corrected chi connectivity index (χ2v) is 5.69. The van der Waals surface area contributed by atoms with E-state index in [1.165, 1.54) is 0 Å². The molecule has 0 unspecified atom stereocenters. The Morgan fingerprint density at radius 2 is 1.85 bits per heavy atom. The molecule has 1 aliphatic rings. The van der Waals surface area contributed by atoms with Crippen molar-refractivity contribution in [1.82, 2.24) is 14.8 Å². The lowest BCUT2D eigenvalue weighted by Gasteiger charge is -2.36. The van der Waals surface area contributed by atoms with E-state index in [0.717, 1.165) is 37.1 Å². The van der Waals surface area contributed by atoms with Crippen molar-refractivity contribution in [1.29, 1.82) is 0 Å². The summed E-state index contributed by atoms with van der Waals surface area (Å²) in [5.41, 5.74) is 1.72. The van der Waals surface area contributed by atoms with Gasteiger partial charge in [0.05, 0.1) is 0 Å². The highest BCUT2D eigenvalue weighted by Crippen LogP contribution is 2.17. The third kappa shape index (κ3) is 2.43. The number of rotatable bonds is 2. The molecule has 2 aromatic rings. The maximum atomic E-state index is 12.5. The molecule has 1 fully saturated rings. The highest BCUT2D eigenvalue weighted by molar-refractivity contribution is 5.98. The fourth-order valence-electron chi connectivity index (χ4n) is 2.80. The van der Waals surface area contributed by atoms with Gasteiger partial charge < -0.3 is 9.88 Å². The molecule has 106 valence electrons. The van der Waals surface area contributed by atoms with Crippen LogP contribution in [0.25, 0.3) is 10.9 Å². The largest absolute Gasteiger partial charge is 0.351 e. The van der Waals surface area contributed by atoms with Crippen LogP contribution in [0, 0.1) is 0 Å². The minimum Gasteiger partial charge on any atom is -0.351 e. The lowest BCUT2D eigenvalue weighted by Crippen LogP contribution is -2.50. The Morgan fingerprint density at radius 1 is 1.15 bits per heavy atom. The summed E-state index contributed by atoms with van der Waals surface area (Å²) in [6.07, 6.45) is 0. The average molecular weight is 271 g/mol. The van der Waals surface area contributed by atoms with E-state index in [9.17, 15) is 4.79 Å². The van der Waals surface area contributed by atoms with Crippen molar-refractivity contribution in [3.05, 3.63) is 36.0 Å². The Morgan fingerprint density at radius 3 is 2.50 bits per heavy atom. The number of benzene rings is 1. The van der Waals surface area contributed by atoms with Crippen LogP contribution in [0.4, 0.5) is 0 Å². The SMILES string of the molecule is CC(C)N1CCN(C(=O)c2cc3ccccc3[nH]2)CC1. The molecule has 0 aliphatic carbocycles. The van der Waals surface area contributed by atoms with Crippen LogP contribution in [0.1, 0.15) is 24.3 Å². The predicted octanol–water partition coefficient (Wildman–Crippen LogP) is 2.33. The van der Waals surface area contributed by atoms with Crippen molar-refractivity contribution in [2.45, 2.75) is 19.9 Å². The zero-order chi connectivity index (χ0) is 14.1. The fraction of sp³-hybridized carbons (Fsp3) is 0.438. The van der Waals surface area contributed by atoms with Gasteiger partial charge in [-0.1, -0.05) is 18.2 Å². The van der Waals surface area contributed by atoms with Gasteiger partial charge >= 0.3 is 0 Å². The molecule has 20 heavy (non-hydrogen) atoms. The molecular weight excluding hydrogens is 250 g/mol. The van der Waals surface area contributed by atoms with Gasteiger partial charge in [0.2, 0.25) is 0 Å². The van der Waals surface area contributed by atoms with Crippen LogP contribution >= 0.6 is 0 Å². The molecule has 1 aliphatic heterocycles. The van der Waals surface area contributed by atoms with Gasteiger partial charge in [-0.2, -0.15) is 0 Å². The van der Waals surface area contributed by atoms with Crippen LogP contribution in [-0.2, 0) is 0 Å². The van der Waals surface area contributed by atoms with Crippen LogP contribution in [0.2, 0.25) is 0 Å². The lowest BCUT2D eigenvalue weighted by molar-refractivity contribution is 0.0591. The number of nitrogens with one attached hydrogen (secondary N) is 1. The number of carbonyl (C=O) groups excluding carboxylic acids is 1. The van der Waals surface area contributed by atoms with Gasteiger partial charge in [0, 0.05) is 43.1 Å². The highest BCUT2D eigenvalue weighted by Gasteiger charge is 2.24. The lowest BCUT2D eigenvalue weighted by atomic mass is 10.2. The Balaban J connectivity index is 1.73. The minimum atomic E-state index is 0.115. The van der Waals surface area contributed by atoms with E-state index in [1.54, 1.807) is 0 Å². The molecule has 1 aromatic heterocycles. The highest BCUT2D eigenvalue weighted by atomic mass is 16.2. The second kappa shape index (κ2) is 5.29. The zero-order valence-electron chi connectivity index (χ0n) is 12.1. The number of H-pyrrole nitrogens is 1. The van der Waals surface area contributed by atoms with Gasteiger partial charge in [0.1, 0.15) is 5.69 Å². The summed E-state index contributed by atoms with van der Waals surface area (Å²) in [4.78, 5) is 20.1. The quantitative estimate of drug-likeness (QED) is 0.910. The zero-order valence-corrected chi connectivity index (χ0v) is 12.1. The summed E-state index contributed by atoms with van der Waals surface area (Å²) >= 11 is 0. The Hall–Kier alpha value is -1.81. The molecule has 3 rings (SSSR count). The summed E-state index contributed by atoms with van der Waals surface area (Å²) in [6, 6.07) is 10.5. The standard InChI is InChI=1S/C16H21N3O/c1-12(2)18-7-9-19(10-8-18)16(20)15-11-13-5-3-4-6-14(13)17-15/h3-6,11-12,17H,7-10H2,1-2H3. The van der Waals surface area contributed by atoms with Crippen molar-refractivity contribution in [2.75, 3.05) is 26.2 Å². The first-order chi connectivity index (χ1) is 9.65. The van der Waals surface area contributed by atoms with E-state index in [2.05, 4.69) is 23.7 Å². The number of hydrogen-bond donors (Lipinski definition) is 1. The van der Waals surface area contributed by atoms with Gasteiger partial charge in [-0.25, -0.2) is 0 Å². The van der Waals surface area contributed by atoms with Crippen LogP contribution in [0.15, 0.2) is 30.3 Å². The van der Waals surface area contributed by atoms with E-state index in [-0.39, 0.29) is 5.91 Å². The third-order valence-corrected chi connectivity index (χ3v) is 4.09. The summed E-state index contributed by atoms with van der Waals surface area (Å²) in [6.45, 7) is 7.95. The fourth-order valence-corrected chi connectivity index (χ4v) is 2.80. The maximum Gasteiger partial charge on any atom is 0.270 e. The predicted molar refractivity (Wildman–Crippen MR) is 80.9 cm³/mol. The summed E-state index contributed by atoms with van der Waals surface area (Å²) < 4.78 is 0. The second-order valence-electron chi connectivity index (χ2n) is 5.69. The normalized spacial score (nSPS) is 17.1. The minimum absolute atomic E-state index is 0.115. The summed E-state index contributed by atoms with van der Waals surface area (Å²) in [5.74, 6) is 0.115. The number of hydrogen-bond acceptors (Lipinski definition) is 2. The summed E-state index contributed by atoms with van der Waals surface area (Å²) in [7, 11) is 0. The van der Waals surface area contributed by atoms with Crippen molar-refractivity contribution in [3.63, 3.8) is 0 Å². The third-order valence-electron chi connectivity index (χ3n) is 4.09. The number of fused-ring (bicyclic) bond motifs is 1. The number of nitrogens with zero attached hydrogens (tertiary/aromatic N) is 2. The molecule has 4 heteroatoms. The molecule has 0 spiro atoms. The summed E-state index contributed by atoms with van der Waals surface area (Å²) in [5, 5.41) is 1.09. The maximum absolute atomic E-state index is 12.5. The molecule has 0 saturated carbocycles. The van der Waals surface area contributed by atoms with Gasteiger partial charge in [-0.05, 0) is 26.0 Å². The van der Waals surface area contributed by atoms with Crippen molar-refractivity contribution < 1.29 is 4.79 Å². The molecule has 0 atom stereocenters. The molecule has 1 saturated heterocycles. The molecule has 1 N–H and O–H groups in total. The first-order valence-corrected chi connectivity index (χ1v) is 7.26. The Bertz CT molecular complexity index is 576. The number of aromatic nitrogens is 1. The van der Waals surface area contributed by atoms with Gasteiger partial charge in [-0.3, -0.25) is 9.69 Å². The monoisotopic (exact) mass is 271 g/mol. The number of carbonyl (C=O) groups is 1. The topological polar surface area (TPSA) is 39.3 Å².